The van der Waals surface area contributed by atoms with Crippen molar-refractivity contribution >= 4 is 11.8 Å². The standard InChI is InChI=1S/C16H23N3O2/c1-12(2)10-15(20)19-9-5-7-14(19)16(21)18-11-13-6-3-4-8-17-13/h3-4,6,8,12,14H,5,7,9-11H2,1-2H3,(H,18,21). The Labute approximate surface area is 125 Å². The Morgan fingerprint density at radius 3 is 2.90 bits per heavy atom. The highest BCUT2D eigenvalue weighted by atomic mass is 16.2. The van der Waals surface area contributed by atoms with Gasteiger partial charge in [0.2, 0.25) is 11.8 Å². The molecule has 0 spiro atoms. The van der Waals surface area contributed by atoms with Crippen LogP contribution in [0.2, 0.25) is 0 Å². The van der Waals surface area contributed by atoms with Crippen LogP contribution in [0, 0.1) is 5.92 Å². The maximum absolute atomic E-state index is 12.3. The Hall–Kier alpha value is -1.91. The molecule has 1 atom stereocenters. The molecule has 1 unspecified atom stereocenters. The van der Waals surface area contributed by atoms with Gasteiger partial charge in [-0.1, -0.05) is 19.9 Å². The van der Waals surface area contributed by atoms with Gasteiger partial charge in [-0.05, 0) is 30.9 Å². The van der Waals surface area contributed by atoms with Gasteiger partial charge in [0, 0.05) is 19.2 Å². The van der Waals surface area contributed by atoms with Crippen LogP contribution in [-0.2, 0) is 16.1 Å². The van der Waals surface area contributed by atoms with Crippen LogP contribution in [-0.4, -0.2) is 34.3 Å². The van der Waals surface area contributed by atoms with E-state index in [4.69, 9.17) is 0 Å². The first-order valence-electron chi connectivity index (χ1n) is 7.55. The van der Waals surface area contributed by atoms with E-state index < -0.39 is 0 Å². The summed E-state index contributed by atoms with van der Waals surface area (Å²) < 4.78 is 0. The minimum atomic E-state index is -0.319. The molecule has 2 heterocycles. The molecule has 0 radical (unpaired) electrons. The van der Waals surface area contributed by atoms with Crippen molar-refractivity contribution < 1.29 is 9.59 Å². The van der Waals surface area contributed by atoms with Crippen LogP contribution in [0.4, 0.5) is 0 Å². The summed E-state index contributed by atoms with van der Waals surface area (Å²) in [6.45, 7) is 5.13. The zero-order valence-electron chi connectivity index (χ0n) is 12.7. The highest BCUT2D eigenvalue weighted by Crippen LogP contribution is 2.20. The van der Waals surface area contributed by atoms with Crippen LogP contribution in [0.15, 0.2) is 24.4 Å². The lowest BCUT2D eigenvalue weighted by molar-refractivity contribution is -0.139. The van der Waals surface area contributed by atoms with Crippen molar-refractivity contribution in [3.63, 3.8) is 0 Å². The fourth-order valence-corrected chi connectivity index (χ4v) is 2.60. The molecule has 1 aromatic rings. The molecule has 21 heavy (non-hydrogen) atoms. The number of carbonyl (C=O) groups is 2. The lowest BCUT2D eigenvalue weighted by Crippen LogP contribution is -2.46. The fourth-order valence-electron chi connectivity index (χ4n) is 2.60. The van der Waals surface area contributed by atoms with E-state index in [0.29, 0.717) is 25.4 Å². The summed E-state index contributed by atoms with van der Waals surface area (Å²) in [5.74, 6) is 0.325. The van der Waals surface area contributed by atoms with E-state index in [1.54, 1.807) is 11.1 Å². The van der Waals surface area contributed by atoms with Gasteiger partial charge in [0.05, 0.1) is 12.2 Å². The van der Waals surface area contributed by atoms with E-state index in [1.807, 2.05) is 32.0 Å². The number of hydrogen-bond donors (Lipinski definition) is 1. The average molecular weight is 289 g/mol. The minimum Gasteiger partial charge on any atom is -0.349 e. The number of amides is 2. The molecule has 2 amide bonds. The van der Waals surface area contributed by atoms with E-state index in [0.717, 1.165) is 18.5 Å². The molecule has 5 nitrogen and oxygen atoms in total. The molecule has 2 rings (SSSR count). The summed E-state index contributed by atoms with van der Waals surface area (Å²) in [5.41, 5.74) is 0.823. The third kappa shape index (κ3) is 4.28. The molecule has 0 saturated carbocycles. The molecule has 0 aliphatic carbocycles. The van der Waals surface area contributed by atoms with E-state index in [-0.39, 0.29) is 17.9 Å². The Kier molecular flexibility index (Phi) is 5.31. The van der Waals surface area contributed by atoms with Gasteiger partial charge in [-0.25, -0.2) is 0 Å². The van der Waals surface area contributed by atoms with E-state index in [2.05, 4.69) is 10.3 Å². The molecule has 0 bridgehead atoms. The van der Waals surface area contributed by atoms with Crippen molar-refractivity contribution in [1.29, 1.82) is 0 Å². The summed E-state index contributed by atoms with van der Waals surface area (Å²) in [4.78, 5) is 30.4. The van der Waals surface area contributed by atoms with Crippen molar-refractivity contribution in [2.45, 2.75) is 45.7 Å². The van der Waals surface area contributed by atoms with Crippen molar-refractivity contribution in [3.8, 4) is 0 Å². The Morgan fingerprint density at radius 1 is 1.43 bits per heavy atom. The molecule has 1 N–H and O–H groups in total. The number of rotatable bonds is 5. The number of likely N-dealkylation sites (tertiary alicyclic amines) is 1. The lowest BCUT2D eigenvalue weighted by atomic mass is 10.1. The molecular formula is C16H23N3O2. The topological polar surface area (TPSA) is 62.3 Å². The molecule has 1 aliphatic heterocycles. The number of nitrogens with zero attached hydrogens (tertiary/aromatic N) is 2. The predicted octanol–water partition coefficient (Wildman–Crippen LogP) is 1.73. The highest BCUT2D eigenvalue weighted by molar-refractivity contribution is 5.88. The first kappa shape index (κ1) is 15.5. The number of nitrogens with one attached hydrogen (secondary N) is 1. The summed E-state index contributed by atoms with van der Waals surface area (Å²) in [6.07, 6.45) is 3.85. The molecular weight excluding hydrogens is 266 g/mol. The quantitative estimate of drug-likeness (QED) is 0.898. The second-order valence-corrected chi connectivity index (χ2v) is 5.88. The van der Waals surface area contributed by atoms with Crippen molar-refractivity contribution in [3.05, 3.63) is 30.1 Å². The number of carbonyl (C=O) groups excluding carboxylic acids is 2. The van der Waals surface area contributed by atoms with E-state index in [1.165, 1.54) is 0 Å². The predicted molar refractivity (Wildman–Crippen MR) is 80.3 cm³/mol. The highest BCUT2D eigenvalue weighted by Gasteiger charge is 2.33. The monoisotopic (exact) mass is 289 g/mol. The first-order chi connectivity index (χ1) is 10.1. The van der Waals surface area contributed by atoms with Crippen LogP contribution in [0.5, 0.6) is 0 Å². The molecule has 1 aliphatic rings. The van der Waals surface area contributed by atoms with Crippen LogP contribution in [0.25, 0.3) is 0 Å². The van der Waals surface area contributed by atoms with Crippen molar-refractivity contribution in [2.75, 3.05) is 6.54 Å². The zero-order valence-corrected chi connectivity index (χ0v) is 12.7. The van der Waals surface area contributed by atoms with E-state index in [9.17, 15) is 9.59 Å². The third-order valence-corrected chi connectivity index (χ3v) is 3.63. The zero-order chi connectivity index (χ0) is 15.2. The smallest absolute Gasteiger partial charge is 0.243 e. The maximum atomic E-state index is 12.3. The lowest BCUT2D eigenvalue weighted by Gasteiger charge is -2.24. The van der Waals surface area contributed by atoms with Gasteiger partial charge in [0.25, 0.3) is 0 Å². The number of pyridine rings is 1. The van der Waals surface area contributed by atoms with Gasteiger partial charge in [-0.2, -0.15) is 0 Å². The normalized spacial score (nSPS) is 18.0. The molecule has 5 heteroatoms. The van der Waals surface area contributed by atoms with Gasteiger partial charge in [-0.15, -0.1) is 0 Å². The maximum Gasteiger partial charge on any atom is 0.243 e. The van der Waals surface area contributed by atoms with Gasteiger partial charge >= 0.3 is 0 Å². The van der Waals surface area contributed by atoms with Crippen LogP contribution >= 0.6 is 0 Å². The average Bonchev–Trinajstić information content (AvgIpc) is 2.95. The number of hydrogen-bond acceptors (Lipinski definition) is 3. The Balaban J connectivity index is 1.90. The van der Waals surface area contributed by atoms with Gasteiger partial charge in [0.15, 0.2) is 0 Å². The van der Waals surface area contributed by atoms with E-state index >= 15 is 0 Å². The fraction of sp³-hybridized carbons (Fsp3) is 0.562. The van der Waals surface area contributed by atoms with Gasteiger partial charge in [-0.3, -0.25) is 14.6 Å². The second kappa shape index (κ2) is 7.20. The van der Waals surface area contributed by atoms with Gasteiger partial charge in [0.1, 0.15) is 6.04 Å². The largest absolute Gasteiger partial charge is 0.349 e. The second-order valence-electron chi connectivity index (χ2n) is 5.88. The third-order valence-electron chi connectivity index (χ3n) is 3.63. The van der Waals surface area contributed by atoms with Gasteiger partial charge < -0.3 is 10.2 Å². The Bertz CT molecular complexity index is 488. The van der Waals surface area contributed by atoms with Crippen LogP contribution < -0.4 is 5.32 Å². The van der Waals surface area contributed by atoms with Crippen molar-refractivity contribution in [2.24, 2.45) is 5.92 Å². The summed E-state index contributed by atoms with van der Waals surface area (Å²) in [6, 6.07) is 5.29. The summed E-state index contributed by atoms with van der Waals surface area (Å²) in [7, 11) is 0. The Morgan fingerprint density at radius 2 is 2.24 bits per heavy atom. The first-order valence-corrected chi connectivity index (χ1v) is 7.55. The van der Waals surface area contributed by atoms with Crippen molar-refractivity contribution in [1.82, 2.24) is 15.2 Å². The number of aromatic nitrogens is 1. The summed E-state index contributed by atoms with van der Waals surface area (Å²) >= 11 is 0. The molecule has 1 aromatic heterocycles. The molecule has 1 fully saturated rings. The molecule has 0 aromatic carbocycles. The SMILES string of the molecule is CC(C)CC(=O)N1CCCC1C(=O)NCc1ccccn1. The molecule has 114 valence electrons. The minimum absolute atomic E-state index is 0.0738. The summed E-state index contributed by atoms with van der Waals surface area (Å²) in [5, 5.41) is 2.88. The van der Waals surface area contributed by atoms with Crippen LogP contribution in [0.1, 0.15) is 38.8 Å². The van der Waals surface area contributed by atoms with Crippen LogP contribution in [0.3, 0.4) is 0 Å². The molecule has 1 saturated heterocycles.